The highest BCUT2D eigenvalue weighted by Gasteiger charge is 2.31. The van der Waals surface area contributed by atoms with Crippen LogP contribution in [0.5, 0.6) is 5.75 Å². The van der Waals surface area contributed by atoms with Crippen molar-refractivity contribution in [3.05, 3.63) is 28.8 Å². The van der Waals surface area contributed by atoms with Crippen LogP contribution in [0.1, 0.15) is 23.6 Å². The molecule has 0 spiro atoms. The average molecular weight is 248 g/mol. The van der Waals surface area contributed by atoms with Crippen LogP contribution in [0.15, 0.2) is 12.1 Å². The third kappa shape index (κ3) is 3.63. The van der Waals surface area contributed by atoms with Crippen molar-refractivity contribution < 1.29 is 22.6 Å². The Kier molecular flexibility index (Phi) is 4.40. The fraction of sp³-hybridized carbons (Fsp3) is 0.500. The molecule has 17 heavy (non-hydrogen) atoms. The number of benzene rings is 1. The molecule has 0 N–H and O–H groups in total. The molecule has 0 radical (unpaired) electrons. The molecule has 0 aliphatic heterocycles. The summed E-state index contributed by atoms with van der Waals surface area (Å²) < 4.78 is 47.9. The first kappa shape index (κ1) is 13.8. The Morgan fingerprint density at radius 2 is 1.82 bits per heavy atom. The van der Waals surface area contributed by atoms with Crippen LogP contribution >= 0.6 is 0 Å². The number of hydrogen-bond acceptors (Lipinski definition) is 2. The van der Waals surface area contributed by atoms with E-state index in [9.17, 15) is 13.2 Å². The van der Waals surface area contributed by atoms with Crippen LogP contribution in [0.2, 0.25) is 0 Å². The molecule has 0 heterocycles. The third-order valence-electron chi connectivity index (χ3n) is 2.45. The number of alkyl halides is 3. The van der Waals surface area contributed by atoms with Gasteiger partial charge in [0.1, 0.15) is 5.75 Å². The van der Waals surface area contributed by atoms with Crippen LogP contribution in [0.25, 0.3) is 0 Å². The maximum atomic E-state index is 12.6. The molecule has 0 bridgehead atoms. The molecule has 0 atom stereocenters. The minimum absolute atomic E-state index is 0.0436. The fourth-order valence-electron chi connectivity index (χ4n) is 1.33. The lowest BCUT2D eigenvalue weighted by atomic mass is 10.0. The van der Waals surface area contributed by atoms with E-state index in [4.69, 9.17) is 9.47 Å². The lowest BCUT2D eigenvalue weighted by Gasteiger charge is -2.14. The van der Waals surface area contributed by atoms with Gasteiger partial charge < -0.3 is 9.47 Å². The van der Waals surface area contributed by atoms with Crippen molar-refractivity contribution in [2.75, 3.05) is 13.4 Å². The zero-order chi connectivity index (χ0) is 13.1. The summed E-state index contributed by atoms with van der Waals surface area (Å²) >= 11 is 0. The summed E-state index contributed by atoms with van der Waals surface area (Å²) in [5.74, 6) is 0.214. The van der Waals surface area contributed by atoms with Crippen molar-refractivity contribution in [1.82, 2.24) is 0 Å². The van der Waals surface area contributed by atoms with Crippen LogP contribution in [0.4, 0.5) is 13.2 Å². The first-order chi connectivity index (χ1) is 7.86. The molecule has 0 amide bonds. The lowest BCUT2D eigenvalue weighted by Crippen LogP contribution is -2.09. The Hall–Kier alpha value is -1.23. The van der Waals surface area contributed by atoms with Gasteiger partial charge in [-0.05, 0) is 44.0 Å². The Morgan fingerprint density at radius 3 is 2.35 bits per heavy atom. The largest absolute Gasteiger partial charge is 0.467 e. The van der Waals surface area contributed by atoms with Crippen molar-refractivity contribution in [1.29, 1.82) is 0 Å². The predicted molar refractivity (Wildman–Crippen MR) is 58.0 cm³/mol. The van der Waals surface area contributed by atoms with E-state index in [2.05, 4.69) is 0 Å². The topological polar surface area (TPSA) is 18.5 Å². The number of halogens is 3. The van der Waals surface area contributed by atoms with E-state index in [1.54, 1.807) is 20.8 Å². The van der Waals surface area contributed by atoms with Crippen molar-refractivity contribution in [3.8, 4) is 5.75 Å². The summed E-state index contributed by atoms with van der Waals surface area (Å²) in [7, 11) is 0. The van der Waals surface area contributed by atoms with Crippen LogP contribution in [0.3, 0.4) is 0 Å². The maximum absolute atomic E-state index is 12.6. The number of ether oxygens (including phenoxy) is 2. The second-order valence-electron chi connectivity index (χ2n) is 3.67. The van der Waals surface area contributed by atoms with Gasteiger partial charge in [0, 0.05) is 6.61 Å². The summed E-state index contributed by atoms with van der Waals surface area (Å²) in [6, 6.07) is 2.12. The van der Waals surface area contributed by atoms with Crippen LogP contribution in [-0.2, 0) is 10.9 Å². The van der Waals surface area contributed by atoms with E-state index in [0.717, 1.165) is 12.1 Å². The van der Waals surface area contributed by atoms with Gasteiger partial charge in [-0.3, -0.25) is 0 Å². The van der Waals surface area contributed by atoms with E-state index in [0.29, 0.717) is 17.7 Å². The molecule has 1 rings (SSSR count). The number of aryl methyl sites for hydroxylation is 1. The smallest absolute Gasteiger partial charge is 0.416 e. The molecule has 0 fully saturated rings. The minimum atomic E-state index is -4.36. The molecule has 0 aliphatic rings. The Balaban J connectivity index is 2.99. The molecule has 0 saturated carbocycles. The van der Waals surface area contributed by atoms with Gasteiger partial charge in [0.25, 0.3) is 0 Å². The minimum Gasteiger partial charge on any atom is -0.467 e. The monoisotopic (exact) mass is 248 g/mol. The number of rotatable bonds is 4. The highest BCUT2D eigenvalue weighted by Crippen LogP contribution is 2.34. The predicted octanol–water partition coefficient (Wildman–Crippen LogP) is 3.70. The van der Waals surface area contributed by atoms with E-state index < -0.39 is 11.7 Å². The van der Waals surface area contributed by atoms with E-state index in [1.165, 1.54) is 0 Å². The molecule has 5 heteroatoms. The quantitative estimate of drug-likeness (QED) is 0.597. The van der Waals surface area contributed by atoms with Gasteiger partial charge in [-0.2, -0.15) is 13.2 Å². The summed E-state index contributed by atoms with van der Waals surface area (Å²) in [6.45, 7) is 5.54. The second-order valence-corrected chi connectivity index (χ2v) is 3.67. The SMILES string of the molecule is CCOCOc1cc(C(F)(F)F)cc(C)c1C. The van der Waals surface area contributed by atoms with Crippen molar-refractivity contribution in [2.45, 2.75) is 26.9 Å². The van der Waals surface area contributed by atoms with Crippen LogP contribution < -0.4 is 4.74 Å². The highest BCUT2D eigenvalue weighted by atomic mass is 19.4. The zero-order valence-electron chi connectivity index (χ0n) is 10.0. The maximum Gasteiger partial charge on any atom is 0.416 e. The van der Waals surface area contributed by atoms with E-state index >= 15 is 0 Å². The molecule has 0 aliphatic carbocycles. The first-order valence-corrected chi connectivity index (χ1v) is 5.25. The molecular weight excluding hydrogens is 233 g/mol. The standard InChI is InChI=1S/C12H15F3O2/c1-4-16-7-17-11-6-10(12(13,14)15)5-8(2)9(11)3/h5-6H,4,7H2,1-3H3. The van der Waals surface area contributed by atoms with Crippen LogP contribution in [-0.4, -0.2) is 13.4 Å². The molecule has 0 unspecified atom stereocenters. The first-order valence-electron chi connectivity index (χ1n) is 5.25. The fourth-order valence-corrected chi connectivity index (χ4v) is 1.33. The second kappa shape index (κ2) is 5.40. The zero-order valence-corrected chi connectivity index (χ0v) is 10.0. The van der Waals surface area contributed by atoms with Crippen LogP contribution in [0, 0.1) is 13.8 Å². The van der Waals surface area contributed by atoms with Gasteiger partial charge >= 0.3 is 6.18 Å². The summed E-state index contributed by atoms with van der Waals surface area (Å²) in [5, 5.41) is 0. The third-order valence-corrected chi connectivity index (χ3v) is 2.45. The highest BCUT2D eigenvalue weighted by molar-refractivity contribution is 5.43. The van der Waals surface area contributed by atoms with Crippen molar-refractivity contribution >= 4 is 0 Å². The molecule has 1 aromatic carbocycles. The molecule has 96 valence electrons. The molecule has 1 aromatic rings. The molecule has 0 saturated heterocycles. The Bertz CT molecular complexity index is 386. The van der Waals surface area contributed by atoms with Gasteiger partial charge in [-0.25, -0.2) is 0 Å². The van der Waals surface area contributed by atoms with Gasteiger partial charge in [-0.15, -0.1) is 0 Å². The molecule has 2 nitrogen and oxygen atoms in total. The Labute approximate surface area is 98.3 Å². The molecule has 0 aromatic heterocycles. The lowest BCUT2D eigenvalue weighted by molar-refractivity contribution is -0.137. The molecular formula is C12H15F3O2. The van der Waals surface area contributed by atoms with Crippen molar-refractivity contribution in [3.63, 3.8) is 0 Å². The van der Waals surface area contributed by atoms with Gasteiger partial charge in [-0.1, -0.05) is 0 Å². The van der Waals surface area contributed by atoms with Gasteiger partial charge in [0.05, 0.1) is 5.56 Å². The van der Waals surface area contributed by atoms with Crippen molar-refractivity contribution in [2.24, 2.45) is 0 Å². The van der Waals surface area contributed by atoms with E-state index in [-0.39, 0.29) is 12.5 Å². The van der Waals surface area contributed by atoms with E-state index in [1.807, 2.05) is 0 Å². The summed E-state index contributed by atoms with van der Waals surface area (Å²) in [6.07, 6.45) is -4.36. The van der Waals surface area contributed by atoms with Gasteiger partial charge in [0.2, 0.25) is 0 Å². The summed E-state index contributed by atoms with van der Waals surface area (Å²) in [4.78, 5) is 0. The average Bonchev–Trinajstić information content (AvgIpc) is 2.22. The van der Waals surface area contributed by atoms with Gasteiger partial charge in [0.15, 0.2) is 6.79 Å². The Morgan fingerprint density at radius 1 is 1.18 bits per heavy atom. The normalized spacial score (nSPS) is 11.6. The summed E-state index contributed by atoms with van der Waals surface area (Å²) in [5.41, 5.74) is 0.538. The number of hydrogen-bond donors (Lipinski definition) is 0.